The van der Waals surface area contributed by atoms with Gasteiger partial charge in [0.15, 0.2) is 0 Å². The van der Waals surface area contributed by atoms with Crippen LogP contribution in [0.4, 0.5) is 13.2 Å². The molecular formula is C15H15ClF3NO2. The lowest BCUT2D eigenvalue weighted by molar-refractivity contribution is -0.158. The Kier molecular flexibility index (Phi) is 7.19. The number of halogens is 4. The van der Waals surface area contributed by atoms with Crippen LogP contribution in [0.2, 0.25) is 5.02 Å². The van der Waals surface area contributed by atoms with Crippen LogP contribution >= 0.6 is 11.6 Å². The molecule has 0 bridgehead atoms. The minimum absolute atomic E-state index is 0.0811. The van der Waals surface area contributed by atoms with Crippen molar-refractivity contribution >= 4 is 17.6 Å². The quantitative estimate of drug-likeness (QED) is 0.539. The molecule has 0 spiro atoms. The van der Waals surface area contributed by atoms with E-state index >= 15 is 0 Å². The molecule has 0 amide bonds. The molecule has 0 saturated carbocycles. The summed E-state index contributed by atoms with van der Waals surface area (Å²) in [4.78, 5) is 11.4. The maximum Gasteiger partial charge on any atom is 0.308 e. The van der Waals surface area contributed by atoms with Gasteiger partial charge in [-0.1, -0.05) is 18.5 Å². The van der Waals surface area contributed by atoms with Crippen molar-refractivity contribution in [1.29, 1.82) is 5.26 Å². The zero-order chi connectivity index (χ0) is 16.7. The van der Waals surface area contributed by atoms with Crippen LogP contribution < -0.4 is 0 Å². The van der Waals surface area contributed by atoms with Gasteiger partial charge in [0.25, 0.3) is 0 Å². The molecule has 0 radical (unpaired) electrons. The second-order valence-electron chi connectivity index (χ2n) is 4.67. The maximum atomic E-state index is 13.7. The number of nitriles is 1. The van der Waals surface area contributed by atoms with Crippen molar-refractivity contribution in [3.63, 3.8) is 0 Å². The average Bonchev–Trinajstić information content (AvgIpc) is 2.46. The zero-order valence-electron chi connectivity index (χ0n) is 11.9. The maximum absolute atomic E-state index is 13.7. The Hall–Kier alpha value is -1.74. The van der Waals surface area contributed by atoms with E-state index in [0.717, 1.165) is 12.1 Å². The second-order valence-corrected chi connectivity index (χ2v) is 5.04. The lowest BCUT2D eigenvalue weighted by atomic mass is 9.95. The number of carbonyl (C=O) groups excluding carboxylic acids is 1. The topological polar surface area (TPSA) is 50.1 Å². The number of hydrogen-bond acceptors (Lipinski definition) is 3. The van der Waals surface area contributed by atoms with E-state index in [1.807, 2.05) is 0 Å². The molecule has 2 atom stereocenters. The highest BCUT2D eigenvalue weighted by Gasteiger charge is 2.23. The summed E-state index contributed by atoms with van der Waals surface area (Å²) in [6.07, 6.45) is -1.55. The van der Waals surface area contributed by atoms with Crippen molar-refractivity contribution in [3.8, 4) is 6.07 Å². The van der Waals surface area contributed by atoms with Gasteiger partial charge in [0, 0.05) is 18.4 Å². The van der Waals surface area contributed by atoms with Crippen molar-refractivity contribution in [2.75, 3.05) is 0 Å². The van der Waals surface area contributed by atoms with Gasteiger partial charge in [-0.2, -0.15) is 5.26 Å². The van der Waals surface area contributed by atoms with E-state index in [9.17, 15) is 18.0 Å². The average molecular weight is 334 g/mol. The fourth-order valence-electron chi connectivity index (χ4n) is 1.89. The lowest BCUT2D eigenvalue weighted by Gasteiger charge is -2.13. The molecule has 0 N–H and O–H groups in total. The standard InChI is InChI=1S/C15H15ClF3NO2/c1-2-3-12(19)22-13(21)7-4-9(8-20)14-10(17)5-6-11(18)15(14)16/h5-6,9,12H,2-4,7H2,1H3. The monoisotopic (exact) mass is 333 g/mol. The minimum atomic E-state index is -1.70. The number of hydrogen-bond donors (Lipinski definition) is 0. The molecule has 3 nitrogen and oxygen atoms in total. The van der Waals surface area contributed by atoms with Crippen LogP contribution in [0.5, 0.6) is 0 Å². The van der Waals surface area contributed by atoms with Crippen molar-refractivity contribution in [2.24, 2.45) is 0 Å². The highest BCUT2D eigenvalue weighted by Crippen LogP contribution is 2.32. The first kappa shape index (κ1) is 18.3. The van der Waals surface area contributed by atoms with Crippen LogP contribution in [0, 0.1) is 23.0 Å². The van der Waals surface area contributed by atoms with Crippen molar-refractivity contribution in [3.05, 3.63) is 34.4 Å². The second kappa shape index (κ2) is 8.64. The molecule has 120 valence electrons. The number of carbonyl (C=O) groups is 1. The predicted molar refractivity (Wildman–Crippen MR) is 74.9 cm³/mol. The summed E-state index contributed by atoms with van der Waals surface area (Å²) < 4.78 is 44.7. The molecule has 0 aliphatic heterocycles. The summed E-state index contributed by atoms with van der Waals surface area (Å²) in [5.74, 6) is -3.65. The molecule has 0 fully saturated rings. The van der Waals surface area contributed by atoms with Crippen molar-refractivity contribution < 1.29 is 22.7 Å². The molecule has 0 aliphatic rings. The summed E-state index contributed by atoms with van der Waals surface area (Å²) in [6.45, 7) is 1.74. The highest BCUT2D eigenvalue weighted by atomic mass is 35.5. The van der Waals surface area contributed by atoms with E-state index in [1.54, 1.807) is 13.0 Å². The summed E-state index contributed by atoms with van der Waals surface area (Å²) in [5.41, 5.74) is -0.303. The number of benzene rings is 1. The fraction of sp³-hybridized carbons (Fsp3) is 0.467. The smallest absolute Gasteiger partial charge is 0.308 e. The van der Waals surface area contributed by atoms with E-state index in [-0.39, 0.29) is 24.8 Å². The van der Waals surface area contributed by atoms with Gasteiger partial charge in [0.1, 0.15) is 11.6 Å². The van der Waals surface area contributed by atoms with Gasteiger partial charge in [-0.05, 0) is 25.0 Å². The van der Waals surface area contributed by atoms with Crippen LogP contribution in [0.15, 0.2) is 12.1 Å². The van der Waals surface area contributed by atoms with E-state index in [0.29, 0.717) is 6.42 Å². The van der Waals surface area contributed by atoms with Crippen LogP contribution in [-0.2, 0) is 9.53 Å². The van der Waals surface area contributed by atoms with Gasteiger partial charge < -0.3 is 4.74 Å². The number of ether oxygens (including phenoxy) is 1. The van der Waals surface area contributed by atoms with Gasteiger partial charge in [-0.15, -0.1) is 0 Å². The highest BCUT2D eigenvalue weighted by molar-refractivity contribution is 6.31. The zero-order valence-corrected chi connectivity index (χ0v) is 12.7. The van der Waals surface area contributed by atoms with Gasteiger partial charge >= 0.3 is 5.97 Å². The Morgan fingerprint density at radius 1 is 1.36 bits per heavy atom. The Morgan fingerprint density at radius 3 is 2.59 bits per heavy atom. The molecule has 1 aromatic rings. The first-order chi connectivity index (χ1) is 10.4. The number of rotatable bonds is 7. The molecule has 1 rings (SSSR count). The van der Waals surface area contributed by atoms with Gasteiger partial charge in [0.2, 0.25) is 6.36 Å². The molecule has 22 heavy (non-hydrogen) atoms. The predicted octanol–water partition coefficient (Wildman–Crippen LogP) is 4.64. The number of alkyl halides is 1. The molecule has 0 heterocycles. The van der Waals surface area contributed by atoms with Crippen LogP contribution in [0.3, 0.4) is 0 Å². The molecule has 0 aliphatic carbocycles. The minimum Gasteiger partial charge on any atom is -0.431 e. The van der Waals surface area contributed by atoms with E-state index in [4.69, 9.17) is 16.9 Å². The Morgan fingerprint density at radius 2 is 2.00 bits per heavy atom. The molecular weight excluding hydrogens is 319 g/mol. The van der Waals surface area contributed by atoms with E-state index in [1.165, 1.54) is 0 Å². The van der Waals surface area contributed by atoms with Crippen LogP contribution in [0.25, 0.3) is 0 Å². The Bertz CT molecular complexity index is 575. The van der Waals surface area contributed by atoms with Gasteiger partial charge in [-0.3, -0.25) is 4.79 Å². The third-order valence-electron chi connectivity index (χ3n) is 3.00. The molecule has 1 aromatic carbocycles. The third kappa shape index (κ3) is 4.92. The molecule has 0 aromatic heterocycles. The largest absolute Gasteiger partial charge is 0.431 e. The van der Waals surface area contributed by atoms with Crippen molar-refractivity contribution in [1.82, 2.24) is 0 Å². The van der Waals surface area contributed by atoms with Gasteiger partial charge in [0.05, 0.1) is 17.0 Å². The Labute approximate surface area is 131 Å². The lowest BCUT2D eigenvalue weighted by Crippen LogP contribution is -2.14. The number of nitrogens with zero attached hydrogens (tertiary/aromatic N) is 1. The molecule has 2 unspecified atom stereocenters. The summed E-state index contributed by atoms with van der Waals surface area (Å²) in [5, 5.41) is 8.58. The Balaban J connectivity index is 2.73. The van der Waals surface area contributed by atoms with E-state index < -0.39 is 34.9 Å². The summed E-state index contributed by atoms with van der Waals surface area (Å²) in [7, 11) is 0. The van der Waals surface area contributed by atoms with Gasteiger partial charge in [-0.25, -0.2) is 13.2 Å². The van der Waals surface area contributed by atoms with Crippen LogP contribution in [0.1, 0.15) is 44.1 Å². The first-order valence-electron chi connectivity index (χ1n) is 6.77. The first-order valence-corrected chi connectivity index (χ1v) is 7.15. The molecule has 0 saturated heterocycles. The van der Waals surface area contributed by atoms with Crippen LogP contribution in [-0.4, -0.2) is 12.3 Å². The van der Waals surface area contributed by atoms with E-state index in [2.05, 4.69) is 4.74 Å². The third-order valence-corrected chi connectivity index (χ3v) is 3.38. The normalized spacial score (nSPS) is 13.3. The summed E-state index contributed by atoms with van der Waals surface area (Å²) in [6, 6.07) is 3.48. The molecule has 7 heteroatoms. The fourth-order valence-corrected chi connectivity index (χ4v) is 2.17. The SMILES string of the molecule is CCCC(F)OC(=O)CCC(C#N)c1c(F)ccc(F)c1Cl. The number of esters is 1. The van der Waals surface area contributed by atoms with Crippen molar-refractivity contribution in [2.45, 2.75) is 44.9 Å². The summed E-state index contributed by atoms with van der Waals surface area (Å²) >= 11 is 5.67.